The summed E-state index contributed by atoms with van der Waals surface area (Å²) in [5, 5.41) is 10.3. The number of aryl methyl sites for hydroxylation is 2. The van der Waals surface area contributed by atoms with Crippen molar-refractivity contribution in [2.45, 2.75) is 13.8 Å². The van der Waals surface area contributed by atoms with Gasteiger partial charge in [-0.3, -0.25) is 5.41 Å². The van der Waals surface area contributed by atoms with Gasteiger partial charge in [0.2, 0.25) is 0 Å². The van der Waals surface area contributed by atoms with Gasteiger partial charge in [-0.2, -0.15) is 0 Å². The second-order valence-electron chi connectivity index (χ2n) is 4.29. The van der Waals surface area contributed by atoms with Crippen LogP contribution in [-0.2, 0) is 4.84 Å². The number of nitrogens with zero attached hydrogens (tertiary/aromatic N) is 1. The Kier molecular flexibility index (Phi) is 2.90. The van der Waals surface area contributed by atoms with Gasteiger partial charge >= 0.3 is 0 Å². The van der Waals surface area contributed by atoms with E-state index in [0.29, 0.717) is 5.76 Å². The topological polar surface area (TPSA) is 49.5 Å². The van der Waals surface area contributed by atoms with Crippen LogP contribution in [0.15, 0.2) is 22.6 Å². The van der Waals surface area contributed by atoms with Gasteiger partial charge in [-0.15, -0.1) is 5.06 Å². The highest BCUT2D eigenvalue weighted by Crippen LogP contribution is 2.26. The molecule has 0 aliphatic heterocycles. The van der Waals surface area contributed by atoms with Crippen LogP contribution in [0.3, 0.4) is 0 Å². The van der Waals surface area contributed by atoms with Crippen molar-refractivity contribution in [3.8, 4) is 0 Å². The zero-order valence-electron chi connectivity index (χ0n) is 10.5. The Balaban J connectivity index is 2.48. The molecule has 1 aromatic carbocycles. The number of furan rings is 1. The Bertz CT molecular complexity index is 531. The third-order valence-corrected chi connectivity index (χ3v) is 2.60. The number of benzene rings is 1. The minimum Gasteiger partial charge on any atom is -0.451 e. The number of fused-ring (bicyclic) bond motifs is 1. The molecule has 1 heterocycles. The van der Waals surface area contributed by atoms with E-state index in [2.05, 4.69) is 0 Å². The van der Waals surface area contributed by atoms with Crippen LogP contribution in [0.5, 0.6) is 0 Å². The predicted octanol–water partition coefficient (Wildman–Crippen LogP) is 2.87. The third-order valence-electron chi connectivity index (χ3n) is 2.60. The van der Waals surface area contributed by atoms with Crippen molar-refractivity contribution in [1.29, 1.82) is 5.41 Å². The molecule has 0 unspecified atom stereocenters. The summed E-state index contributed by atoms with van der Waals surface area (Å²) in [7, 11) is 3.46. The molecular weight excluding hydrogens is 216 g/mol. The van der Waals surface area contributed by atoms with Gasteiger partial charge in [0, 0.05) is 19.5 Å². The van der Waals surface area contributed by atoms with Crippen molar-refractivity contribution < 1.29 is 9.25 Å². The molecule has 2 aromatic rings. The molecule has 0 saturated heterocycles. The zero-order chi connectivity index (χ0) is 12.6. The van der Waals surface area contributed by atoms with Crippen molar-refractivity contribution in [2.75, 3.05) is 14.1 Å². The molecular formula is C13H16N2O2. The Morgan fingerprint density at radius 1 is 1.24 bits per heavy atom. The van der Waals surface area contributed by atoms with Crippen molar-refractivity contribution >= 4 is 16.9 Å². The molecule has 0 fully saturated rings. The Morgan fingerprint density at radius 3 is 2.47 bits per heavy atom. The van der Waals surface area contributed by atoms with Crippen LogP contribution in [0, 0.1) is 19.3 Å². The largest absolute Gasteiger partial charge is 0.451 e. The summed E-state index contributed by atoms with van der Waals surface area (Å²) in [5.74, 6) is 0.469. The molecule has 0 aliphatic carbocycles. The Hall–Kier alpha value is -1.81. The summed E-state index contributed by atoms with van der Waals surface area (Å²) in [6.45, 7) is 4.02. The number of nitrogens with one attached hydrogen (secondary N) is 1. The maximum atomic E-state index is 7.78. The molecule has 0 spiro atoms. The molecule has 0 aliphatic rings. The lowest BCUT2D eigenvalue weighted by Crippen LogP contribution is -2.18. The summed E-state index contributed by atoms with van der Waals surface area (Å²) >= 11 is 0. The average molecular weight is 232 g/mol. The SMILES string of the molecule is Cc1ccc(C)c2oc(C(=N)ON(C)C)cc12. The first kappa shape index (κ1) is 11.7. The number of rotatable bonds is 2. The van der Waals surface area contributed by atoms with E-state index in [1.807, 2.05) is 32.0 Å². The lowest BCUT2D eigenvalue weighted by Gasteiger charge is -2.09. The maximum Gasteiger partial charge on any atom is 0.273 e. The van der Waals surface area contributed by atoms with E-state index >= 15 is 0 Å². The second kappa shape index (κ2) is 4.22. The molecule has 0 atom stereocenters. The second-order valence-corrected chi connectivity index (χ2v) is 4.29. The van der Waals surface area contributed by atoms with E-state index < -0.39 is 0 Å². The smallest absolute Gasteiger partial charge is 0.273 e. The number of hydrogen-bond acceptors (Lipinski definition) is 4. The van der Waals surface area contributed by atoms with Crippen molar-refractivity contribution in [3.63, 3.8) is 0 Å². The van der Waals surface area contributed by atoms with Gasteiger partial charge in [-0.1, -0.05) is 12.1 Å². The average Bonchev–Trinajstić information content (AvgIpc) is 2.68. The molecule has 0 amide bonds. The fraction of sp³-hybridized carbons (Fsp3) is 0.308. The molecule has 4 nitrogen and oxygen atoms in total. The summed E-state index contributed by atoms with van der Waals surface area (Å²) in [5.41, 5.74) is 3.03. The van der Waals surface area contributed by atoms with Crippen LogP contribution in [0.25, 0.3) is 11.0 Å². The number of hydrogen-bond donors (Lipinski definition) is 1. The molecule has 4 heteroatoms. The van der Waals surface area contributed by atoms with Crippen LogP contribution in [0.2, 0.25) is 0 Å². The lowest BCUT2D eigenvalue weighted by molar-refractivity contribution is -0.0206. The standard InChI is InChI=1S/C13H16N2O2/c1-8-5-6-9(2)12-10(8)7-11(16-12)13(14)17-15(3)4/h5-7,14H,1-4H3. The van der Waals surface area contributed by atoms with Crippen molar-refractivity contribution in [2.24, 2.45) is 0 Å². The normalized spacial score (nSPS) is 11.1. The lowest BCUT2D eigenvalue weighted by atomic mass is 10.1. The van der Waals surface area contributed by atoms with E-state index in [1.54, 1.807) is 14.1 Å². The first-order valence-corrected chi connectivity index (χ1v) is 5.43. The van der Waals surface area contributed by atoms with E-state index in [-0.39, 0.29) is 5.90 Å². The Labute approximate surface area is 100 Å². The van der Waals surface area contributed by atoms with E-state index in [0.717, 1.165) is 22.1 Å². The van der Waals surface area contributed by atoms with Crippen LogP contribution in [0.4, 0.5) is 0 Å². The minimum absolute atomic E-state index is 0.0185. The molecule has 2 rings (SSSR count). The third kappa shape index (κ3) is 2.17. The van der Waals surface area contributed by atoms with Gasteiger partial charge in [0.05, 0.1) is 0 Å². The van der Waals surface area contributed by atoms with Gasteiger partial charge in [0.15, 0.2) is 5.76 Å². The van der Waals surface area contributed by atoms with Gasteiger partial charge in [-0.05, 0) is 31.0 Å². The highest BCUT2D eigenvalue weighted by molar-refractivity contribution is 5.95. The van der Waals surface area contributed by atoms with Gasteiger partial charge in [-0.25, -0.2) is 0 Å². The first-order valence-electron chi connectivity index (χ1n) is 5.43. The van der Waals surface area contributed by atoms with Crippen molar-refractivity contribution in [1.82, 2.24) is 5.06 Å². The molecule has 0 radical (unpaired) electrons. The van der Waals surface area contributed by atoms with Crippen LogP contribution >= 0.6 is 0 Å². The fourth-order valence-electron chi connectivity index (χ4n) is 1.73. The molecule has 1 N–H and O–H groups in total. The van der Waals surface area contributed by atoms with Gasteiger partial charge in [0.25, 0.3) is 5.90 Å². The molecule has 90 valence electrons. The van der Waals surface area contributed by atoms with Gasteiger partial charge in [0.1, 0.15) is 5.58 Å². The first-order chi connectivity index (χ1) is 7.99. The number of hydroxylamine groups is 2. The van der Waals surface area contributed by atoms with Crippen LogP contribution < -0.4 is 0 Å². The highest BCUT2D eigenvalue weighted by atomic mass is 16.7. The summed E-state index contributed by atoms with van der Waals surface area (Å²) in [4.78, 5) is 5.17. The quantitative estimate of drug-likeness (QED) is 0.492. The summed E-state index contributed by atoms with van der Waals surface area (Å²) in [6.07, 6.45) is 0. The van der Waals surface area contributed by atoms with E-state index in [1.165, 1.54) is 5.06 Å². The molecule has 0 saturated carbocycles. The summed E-state index contributed by atoms with van der Waals surface area (Å²) < 4.78 is 5.67. The monoisotopic (exact) mass is 232 g/mol. The zero-order valence-corrected chi connectivity index (χ0v) is 10.5. The minimum atomic E-state index is 0.0185. The maximum absolute atomic E-state index is 7.78. The van der Waals surface area contributed by atoms with E-state index in [4.69, 9.17) is 14.7 Å². The molecule has 0 bridgehead atoms. The van der Waals surface area contributed by atoms with Crippen LogP contribution in [-0.4, -0.2) is 25.1 Å². The summed E-state index contributed by atoms with van der Waals surface area (Å²) in [6, 6.07) is 5.91. The van der Waals surface area contributed by atoms with Crippen LogP contribution in [0.1, 0.15) is 16.9 Å². The van der Waals surface area contributed by atoms with E-state index in [9.17, 15) is 0 Å². The highest BCUT2D eigenvalue weighted by Gasteiger charge is 2.13. The van der Waals surface area contributed by atoms with Crippen molar-refractivity contribution in [3.05, 3.63) is 35.1 Å². The fourth-order valence-corrected chi connectivity index (χ4v) is 1.73. The Morgan fingerprint density at radius 2 is 1.88 bits per heavy atom. The molecule has 1 aromatic heterocycles. The molecule has 17 heavy (non-hydrogen) atoms. The predicted molar refractivity (Wildman–Crippen MR) is 67.3 cm³/mol. The van der Waals surface area contributed by atoms with Gasteiger partial charge < -0.3 is 9.25 Å².